The molecular weight excluding hydrogens is 749 g/mol. The normalized spacial score (nSPS) is 27.3. The Balaban J connectivity index is 0. The van der Waals surface area contributed by atoms with Gasteiger partial charge in [0.1, 0.15) is 11.2 Å². The lowest BCUT2D eigenvalue weighted by atomic mass is 9.52. The van der Waals surface area contributed by atoms with Gasteiger partial charge in [-0.3, -0.25) is 24.4 Å². The van der Waals surface area contributed by atoms with E-state index in [4.69, 9.17) is 18.9 Å². The highest BCUT2D eigenvalue weighted by atomic mass is 16.6. The Morgan fingerprint density at radius 2 is 1.37 bits per heavy atom. The van der Waals surface area contributed by atoms with E-state index in [1.165, 1.54) is 0 Å². The summed E-state index contributed by atoms with van der Waals surface area (Å²) in [5.74, 6) is -0.921. The summed E-state index contributed by atoms with van der Waals surface area (Å²) < 4.78 is 23.4. The largest absolute Gasteiger partial charge is 0.463 e. The van der Waals surface area contributed by atoms with Gasteiger partial charge in [0.25, 0.3) is 0 Å². The van der Waals surface area contributed by atoms with E-state index in [0.29, 0.717) is 50.4 Å². The fourth-order valence-electron chi connectivity index (χ4n) is 9.59. The Morgan fingerprint density at radius 1 is 0.814 bits per heavy atom. The van der Waals surface area contributed by atoms with Crippen LogP contribution in [-0.2, 0) is 38.1 Å². The summed E-state index contributed by atoms with van der Waals surface area (Å²) >= 11 is 0. The van der Waals surface area contributed by atoms with E-state index < -0.39 is 51.1 Å². The van der Waals surface area contributed by atoms with E-state index in [0.717, 1.165) is 44.2 Å². The van der Waals surface area contributed by atoms with Gasteiger partial charge in [-0.2, -0.15) is 0 Å². The van der Waals surface area contributed by atoms with Crippen molar-refractivity contribution in [3.63, 3.8) is 0 Å². The van der Waals surface area contributed by atoms with Crippen LogP contribution in [0.1, 0.15) is 208 Å². The predicted octanol–water partition coefficient (Wildman–Crippen LogP) is 11.4. The van der Waals surface area contributed by atoms with E-state index >= 15 is 0 Å². The molecule has 7 unspecified atom stereocenters. The minimum atomic E-state index is -1.15. The summed E-state index contributed by atoms with van der Waals surface area (Å²) in [6.07, 6.45) is 12.8. The lowest BCUT2D eigenvalue weighted by Crippen LogP contribution is -2.61. The molecule has 1 saturated heterocycles. The van der Waals surface area contributed by atoms with Crippen LogP contribution in [0.2, 0.25) is 0 Å². The average molecular weight is 837 g/mol. The zero-order chi connectivity index (χ0) is 38.9. The molecule has 1 N–H and O–H groups in total. The summed E-state index contributed by atoms with van der Waals surface area (Å²) in [6.45, 7) is 15.4. The van der Waals surface area contributed by atoms with Crippen LogP contribution in [0.15, 0.2) is 18.6 Å². The van der Waals surface area contributed by atoms with Crippen LogP contribution in [0.4, 0.5) is 0 Å². The van der Waals surface area contributed by atoms with E-state index in [9.17, 15) is 24.3 Å². The summed E-state index contributed by atoms with van der Waals surface area (Å²) in [7, 11) is 0. The summed E-state index contributed by atoms with van der Waals surface area (Å²) in [4.78, 5) is 63.5. The first kappa shape index (κ1) is 58.0. The van der Waals surface area contributed by atoms with Crippen molar-refractivity contribution in [3.8, 4) is 0 Å². The quantitative estimate of drug-likeness (QED) is 0.118. The van der Waals surface area contributed by atoms with Crippen LogP contribution < -0.4 is 0 Å². The average Bonchev–Trinajstić information content (AvgIpc) is 3.48. The number of cyclic esters (lactones) is 1. The van der Waals surface area contributed by atoms with Crippen LogP contribution in [0.3, 0.4) is 0 Å². The standard InChI is InChI=1S/C42H64N2O9.6CH4/c1-9-30(31-26-43-18-19-44-31)11-13-39(7,36(48)52-37(3,4)5)16-17-40(8,34(46)51-32-12-20-50-33(32)45)15-14-38(6,10-2)35(47)53-42-24-28-21-29(25-42)23-41(49,22-28)27-42;;;;;;/h18-19,26,28-30,32,49H,9-17,20-25,27H2,1-8H3;6*1H4. The maximum absolute atomic E-state index is 14.2. The van der Waals surface area contributed by atoms with Gasteiger partial charge in [-0.1, -0.05) is 58.4 Å². The fourth-order valence-corrected chi connectivity index (χ4v) is 9.59. The highest BCUT2D eigenvalue weighted by Crippen LogP contribution is 2.59. The van der Waals surface area contributed by atoms with Crippen molar-refractivity contribution >= 4 is 23.9 Å². The third-order valence-electron chi connectivity index (χ3n) is 13.1. The van der Waals surface area contributed by atoms with Crippen LogP contribution >= 0.6 is 0 Å². The van der Waals surface area contributed by atoms with Crippen molar-refractivity contribution in [2.24, 2.45) is 28.1 Å². The fraction of sp³-hybridized carbons (Fsp3) is 0.833. The number of hydrogen-bond donors (Lipinski definition) is 1. The van der Waals surface area contributed by atoms with Gasteiger partial charge in [-0.15, -0.1) is 0 Å². The molecule has 4 saturated carbocycles. The Labute approximate surface area is 360 Å². The van der Waals surface area contributed by atoms with Gasteiger partial charge in [0.2, 0.25) is 6.10 Å². The summed E-state index contributed by atoms with van der Waals surface area (Å²) in [6, 6.07) is 0. The number of ether oxygens (including phenoxy) is 4. The number of aromatic nitrogens is 2. The van der Waals surface area contributed by atoms with E-state index in [1.54, 1.807) is 18.6 Å². The van der Waals surface area contributed by atoms with Crippen LogP contribution in [-0.4, -0.2) is 68.5 Å². The second-order valence-corrected chi connectivity index (χ2v) is 18.9. The van der Waals surface area contributed by atoms with Crippen molar-refractivity contribution < 1.29 is 43.2 Å². The molecule has 11 heteroatoms. The number of hydrogen-bond acceptors (Lipinski definition) is 11. The minimum absolute atomic E-state index is 0. The molecule has 4 aliphatic carbocycles. The molecule has 5 aliphatic rings. The molecule has 6 rings (SSSR count). The van der Waals surface area contributed by atoms with Gasteiger partial charge in [-0.25, -0.2) is 4.79 Å². The number of rotatable bonds is 17. The topological polar surface area (TPSA) is 151 Å². The highest BCUT2D eigenvalue weighted by molar-refractivity contribution is 5.83. The predicted molar refractivity (Wildman–Crippen MR) is 238 cm³/mol. The first-order chi connectivity index (χ1) is 24.7. The summed E-state index contributed by atoms with van der Waals surface area (Å²) in [5.41, 5.74) is -4.26. The molecule has 0 spiro atoms. The number of carbonyl (C=O) groups excluding carboxylic acids is 4. The highest BCUT2D eigenvalue weighted by Gasteiger charge is 2.60. The molecule has 1 aromatic heterocycles. The van der Waals surface area contributed by atoms with E-state index in [2.05, 4.69) is 16.9 Å². The zero-order valence-corrected chi connectivity index (χ0v) is 33.5. The molecule has 0 amide bonds. The molecule has 11 nitrogen and oxygen atoms in total. The lowest BCUT2D eigenvalue weighted by Gasteiger charge is -2.59. The first-order valence-corrected chi connectivity index (χ1v) is 20.1. The van der Waals surface area contributed by atoms with Gasteiger partial charge in [-0.05, 0) is 137 Å². The molecule has 344 valence electrons. The Morgan fingerprint density at radius 3 is 1.83 bits per heavy atom. The van der Waals surface area contributed by atoms with Crippen molar-refractivity contribution in [2.45, 2.75) is 225 Å². The lowest BCUT2D eigenvalue weighted by molar-refractivity contribution is -0.226. The minimum Gasteiger partial charge on any atom is -0.463 e. The molecule has 1 aromatic rings. The maximum atomic E-state index is 14.2. The Kier molecular flexibility index (Phi) is 21.8. The van der Waals surface area contributed by atoms with E-state index in [1.807, 2.05) is 48.5 Å². The summed E-state index contributed by atoms with van der Waals surface area (Å²) in [5, 5.41) is 11.3. The number of aliphatic hydroxyl groups is 1. The Hall–Kier alpha value is -3.08. The van der Waals surface area contributed by atoms with Crippen LogP contribution in [0.5, 0.6) is 0 Å². The van der Waals surface area contributed by atoms with Gasteiger partial charge >= 0.3 is 23.9 Å². The zero-order valence-electron chi connectivity index (χ0n) is 33.5. The van der Waals surface area contributed by atoms with Gasteiger partial charge in [0.05, 0.1) is 34.1 Å². The molecular formula is C48H88N2O9. The SMILES string of the molecule is C.C.C.C.C.C.CCC(CCC(C)(CCC(C)(CCC(C)(CC)C(=O)OC12CC3CC(CC(O)(C3)C1)C2)C(=O)OC1CCOC1=O)C(=O)OC(C)(C)C)c1cnccn1. The van der Waals surface area contributed by atoms with Crippen molar-refractivity contribution in [1.29, 1.82) is 0 Å². The third-order valence-corrected chi connectivity index (χ3v) is 13.1. The monoisotopic (exact) mass is 837 g/mol. The molecule has 59 heavy (non-hydrogen) atoms. The van der Waals surface area contributed by atoms with Crippen molar-refractivity contribution in [2.75, 3.05) is 6.61 Å². The van der Waals surface area contributed by atoms with Gasteiger partial charge in [0.15, 0.2) is 0 Å². The number of carbonyl (C=O) groups is 4. The smallest absolute Gasteiger partial charge is 0.347 e. The molecule has 2 heterocycles. The number of esters is 4. The second-order valence-electron chi connectivity index (χ2n) is 18.9. The maximum Gasteiger partial charge on any atom is 0.347 e. The van der Waals surface area contributed by atoms with Crippen LogP contribution in [0.25, 0.3) is 0 Å². The van der Waals surface area contributed by atoms with Crippen molar-refractivity contribution in [1.82, 2.24) is 9.97 Å². The van der Waals surface area contributed by atoms with Crippen molar-refractivity contribution in [3.05, 3.63) is 24.3 Å². The molecule has 0 radical (unpaired) electrons. The van der Waals surface area contributed by atoms with Crippen LogP contribution in [0, 0.1) is 28.1 Å². The Bertz CT molecular complexity index is 1480. The van der Waals surface area contributed by atoms with E-state index in [-0.39, 0.29) is 88.3 Å². The second kappa shape index (κ2) is 22.1. The molecule has 4 bridgehead atoms. The van der Waals surface area contributed by atoms with Gasteiger partial charge in [0, 0.05) is 37.4 Å². The molecule has 7 atom stereocenters. The third kappa shape index (κ3) is 13.7. The van der Waals surface area contributed by atoms with Gasteiger partial charge < -0.3 is 24.1 Å². The first-order valence-electron chi connectivity index (χ1n) is 20.1. The molecule has 1 aliphatic heterocycles. The molecule has 0 aromatic carbocycles. The number of nitrogens with zero attached hydrogens (tertiary/aromatic N) is 2. The molecule has 5 fully saturated rings.